The molecule has 1 aliphatic rings. The predicted molar refractivity (Wildman–Crippen MR) is 67.5 cm³/mol. The van der Waals surface area contributed by atoms with Crippen molar-refractivity contribution in [2.75, 3.05) is 18.0 Å². The van der Waals surface area contributed by atoms with Gasteiger partial charge in [0, 0.05) is 26.2 Å². The summed E-state index contributed by atoms with van der Waals surface area (Å²) >= 11 is 5.73. The van der Waals surface area contributed by atoms with Crippen molar-refractivity contribution >= 4 is 23.5 Å². The summed E-state index contributed by atoms with van der Waals surface area (Å²) in [7, 11) is 1.82. The molecule has 8 heteroatoms. The second kappa shape index (κ2) is 5.51. The molecule has 0 bridgehead atoms. The van der Waals surface area contributed by atoms with Gasteiger partial charge in [-0.3, -0.25) is 4.79 Å². The third-order valence-electron chi connectivity index (χ3n) is 3.08. The second-order valence-electron chi connectivity index (χ2n) is 4.49. The van der Waals surface area contributed by atoms with Gasteiger partial charge in [0.1, 0.15) is 5.38 Å². The maximum atomic E-state index is 11.5. The molecule has 7 nitrogen and oxygen atoms in total. The van der Waals surface area contributed by atoms with Gasteiger partial charge in [0.2, 0.25) is 11.9 Å². The van der Waals surface area contributed by atoms with Crippen molar-refractivity contribution in [3.63, 3.8) is 0 Å². The van der Waals surface area contributed by atoms with Crippen LogP contribution in [-0.4, -0.2) is 50.6 Å². The standard InChI is InChI=1S/C10H17ClN6O/c1-7(11)9(18)12-8-3-5-17(6-4-8)10-13-14-15-16(10)2/h7-8H,3-6H2,1-2H3,(H,12,18). The lowest BCUT2D eigenvalue weighted by molar-refractivity contribution is -0.121. The number of anilines is 1. The third kappa shape index (κ3) is 2.90. The van der Waals surface area contributed by atoms with Crippen LogP contribution in [0.15, 0.2) is 0 Å². The maximum absolute atomic E-state index is 11.5. The Balaban J connectivity index is 1.85. The molecule has 2 heterocycles. The number of aromatic nitrogens is 4. The van der Waals surface area contributed by atoms with E-state index in [1.54, 1.807) is 11.6 Å². The van der Waals surface area contributed by atoms with Crippen LogP contribution >= 0.6 is 11.6 Å². The summed E-state index contributed by atoms with van der Waals surface area (Å²) in [5, 5.41) is 13.9. The van der Waals surface area contributed by atoms with Crippen molar-refractivity contribution in [1.29, 1.82) is 0 Å². The Morgan fingerprint density at radius 2 is 2.17 bits per heavy atom. The zero-order valence-corrected chi connectivity index (χ0v) is 11.3. The van der Waals surface area contributed by atoms with E-state index in [-0.39, 0.29) is 11.9 Å². The molecule has 100 valence electrons. The molecule has 0 aromatic carbocycles. The quantitative estimate of drug-likeness (QED) is 0.779. The lowest BCUT2D eigenvalue weighted by Gasteiger charge is -2.32. The van der Waals surface area contributed by atoms with Gasteiger partial charge in [-0.05, 0) is 30.2 Å². The molecule has 1 aliphatic heterocycles. The van der Waals surface area contributed by atoms with E-state index < -0.39 is 5.38 Å². The molecule has 2 rings (SSSR count). The Morgan fingerprint density at radius 1 is 1.50 bits per heavy atom. The summed E-state index contributed by atoms with van der Waals surface area (Å²) in [4.78, 5) is 13.6. The third-order valence-corrected chi connectivity index (χ3v) is 3.28. The van der Waals surface area contributed by atoms with Crippen molar-refractivity contribution < 1.29 is 4.79 Å². The number of tetrazole rings is 1. The van der Waals surface area contributed by atoms with Crippen molar-refractivity contribution in [3.05, 3.63) is 0 Å². The number of carbonyl (C=O) groups excluding carboxylic acids is 1. The molecule has 0 radical (unpaired) electrons. The van der Waals surface area contributed by atoms with E-state index in [9.17, 15) is 4.79 Å². The Labute approximate surface area is 110 Å². The molecule has 1 aromatic rings. The molecule has 18 heavy (non-hydrogen) atoms. The summed E-state index contributed by atoms with van der Waals surface area (Å²) in [6, 6.07) is 0.191. The van der Waals surface area contributed by atoms with Crippen LogP contribution in [0.5, 0.6) is 0 Å². The molecule has 1 amide bonds. The largest absolute Gasteiger partial charge is 0.352 e. The minimum absolute atomic E-state index is 0.101. The van der Waals surface area contributed by atoms with Crippen LogP contribution in [0.2, 0.25) is 0 Å². The van der Waals surface area contributed by atoms with Crippen LogP contribution in [0.4, 0.5) is 5.95 Å². The molecule has 1 fully saturated rings. The van der Waals surface area contributed by atoms with E-state index in [0.717, 1.165) is 31.9 Å². The van der Waals surface area contributed by atoms with Crippen LogP contribution in [0.25, 0.3) is 0 Å². The number of halogens is 1. The summed E-state index contributed by atoms with van der Waals surface area (Å²) in [5.74, 6) is 0.668. The monoisotopic (exact) mass is 272 g/mol. The van der Waals surface area contributed by atoms with E-state index in [1.165, 1.54) is 0 Å². The van der Waals surface area contributed by atoms with E-state index >= 15 is 0 Å². The van der Waals surface area contributed by atoms with Gasteiger partial charge >= 0.3 is 0 Å². The molecule has 0 saturated carbocycles. The fourth-order valence-corrected chi connectivity index (χ4v) is 2.10. The fourth-order valence-electron chi connectivity index (χ4n) is 2.03. The zero-order chi connectivity index (χ0) is 13.1. The molecule has 1 aromatic heterocycles. The number of carbonyl (C=O) groups is 1. The highest BCUT2D eigenvalue weighted by Gasteiger charge is 2.24. The Morgan fingerprint density at radius 3 is 2.67 bits per heavy atom. The first-order valence-electron chi connectivity index (χ1n) is 5.99. The first kappa shape index (κ1) is 13.1. The minimum Gasteiger partial charge on any atom is -0.352 e. The molecule has 1 saturated heterocycles. The first-order chi connectivity index (χ1) is 8.58. The topological polar surface area (TPSA) is 75.9 Å². The average Bonchev–Trinajstić information content (AvgIpc) is 2.76. The van der Waals surface area contributed by atoms with E-state index in [0.29, 0.717) is 0 Å². The van der Waals surface area contributed by atoms with Crippen LogP contribution in [0.1, 0.15) is 19.8 Å². The minimum atomic E-state index is -0.481. The first-order valence-corrected chi connectivity index (χ1v) is 6.43. The van der Waals surface area contributed by atoms with Crippen molar-refractivity contribution in [2.24, 2.45) is 7.05 Å². The number of amides is 1. The molecule has 1 atom stereocenters. The van der Waals surface area contributed by atoms with Crippen LogP contribution < -0.4 is 10.2 Å². The Kier molecular flexibility index (Phi) is 4.00. The summed E-state index contributed by atoms with van der Waals surface area (Å²) in [5.41, 5.74) is 0. The van der Waals surface area contributed by atoms with Crippen molar-refractivity contribution in [1.82, 2.24) is 25.5 Å². The number of alkyl halides is 1. The van der Waals surface area contributed by atoms with Crippen molar-refractivity contribution in [2.45, 2.75) is 31.2 Å². The molecule has 0 aliphatic carbocycles. The maximum Gasteiger partial charge on any atom is 0.245 e. The number of hydrogen-bond donors (Lipinski definition) is 1. The zero-order valence-electron chi connectivity index (χ0n) is 10.5. The molecule has 1 unspecified atom stereocenters. The number of aryl methyl sites for hydroxylation is 1. The van der Waals surface area contributed by atoms with Crippen LogP contribution in [-0.2, 0) is 11.8 Å². The van der Waals surface area contributed by atoms with Gasteiger partial charge in [0.15, 0.2) is 0 Å². The van der Waals surface area contributed by atoms with Crippen LogP contribution in [0, 0.1) is 0 Å². The van der Waals surface area contributed by atoms with Gasteiger partial charge in [0.05, 0.1) is 0 Å². The van der Waals surface area contributed by atoms with Crippen molar-refractivity contribution in [3.8, 4) is 0 Å². The van der Waals surface area contributed by atoms with Gasteiger partial charge in [-0.1, -0.05) is 5.10 Å². The highest BCUT2D eigenvalue weighted by Crippen LogP contribution is 2.16. The number of hydrogen-bond acceptors (Lipinski definition) is 5. The van der Waals surface area contributed by atoms with E-state index in [4.69, 9.17) is 11.6 Å². The Hall–Kier alpha value is -1.37. The van der Waals surface area contributed by atoms with Gasteiger partial charge in [-0.15, -0.1) is 11.6 Å². The highest BCUT2D eigenvalue weighted by molar-refractivity contribution is 6.30. The fraction of sp³-hybridized carbons (Fsp3) is 0.800. The number of nitrogens with one attached hydrogen (secondary N) is 1. The molecular weight excluding hydrogens is 256 g/mol. The normalized spacial score (nSPS) is 18.7. The molecular formula is C10H17ClN6O. The molecule has 0 spiro atoms. The van der Waals surface area contributed by atoms with Gasteiger partial charge < -0.3 is 10.2 Å². The van der Waals surface area contributed by atoms with Gasteiger partial charge in [-0.2, -0.15) is 0 Å². The van der Waals surface area contributed by atoms with Gasteiger partial charge in [0.25, 0.3) is 0 Å². The summed E-state index contributed by atoms with van der Waals surface area (Å²) < 4.78 is 1.65. The lowest BCUT2D eigenvalue weighted by atomic mass is 10.1. The molecule has 1 N–H and O–H groups in total. The van der Waals surface area contributed by atoms with E-state index in [2.05, 4.69) is 25.7 Å². The Bertz CT molecular complexity index is 412. The second-order valence-corrected chi connectivity index (χ2v) is 5.14. The number of rotatable bonds is 3. The average molecular weight is 273 g/mol. The predicted octanol–water partition coefficient (Wildman–Crippen LogP) is -0.0776. The number of piperidine rings is 1. The number of nitrogens with zero attached hydrogens (tertiary/aromatic N) is 5. The smallest absolute Gasteiger partial charge is 0.245 e. The van der Waals surface area contributed by atoms with E-state index in [1.807, 2.05) is 7.05 Å². The van der Waals surface area contributed by atoms with Crippen LogP contribution in [0.3, 0.4) is 0 Å². The summed E-state index contributed by atoms with van der Waals surface area (Å²) in [6.07, 6.45) is 1.75. The SMILES string of the molecule is CC(Cl)C(=O)NC1CCN(c2nnnn2C)CC1. The summed E-state index contributed by atoms with van der Waals surface area (Å²) in [6.45, 7) is 3.34. The highest BCUT2D eigenvalue weighted by atomic mass is 35.5. The lowest BCUT2D eigenvalue weighted by Crippen LogP contribution is -2.46. The van der Waals surface area contributed by atoms with Gasteiger partial charge in [-0.25, -0.2) is 4.68 Å².